The maximum absolute atomic E-state index is 2.66. The molecule has 0 radical (unpaired) electrons. The summed E-state index contributed by atoms with van der Waals surface area (Å²) in [7, 11) is 2.65. The SMILES string of the molecule is BC1(C2(C)CCCC(C(C)C)CCC2)CCCCCCC1. The Hall–Kier alpha value is 0.0649. The smallest absolute Gasteiger partial charge is 0.0625 e. The van der Waals surface area contributed by atoms with Crippen LogP contribution in [0.2, 0.25) is 5.31 Å². The molecule has 0 bridgehead atoms. The number of hydrogen-bond donors (Lipinski definition) is 0. The van der Waals surface area contributed by atoms with Crippen molar-refractivity contribution in [2.24, 2.45) is 17.3 Å². The van der Waals surface area contributed by atoms with Crippen LogP contribution in [-0.4, -0.2) is 7.85 Å². The molecule has 0 atom stereocenters. The number of rotatable bonds is 2. The Bertz CT molecular complexity index is 289. The highest BCUT2D eigenvalue weighted by Crippen LogP contribution is 2.58. The Morgan fingerprint density at radius 3 is 1.71 bits per heavy atom. The van der Waals surface area contributed by atoms with Gasteiger partial charge in [-0.3, -0.25) is 0 Å². The fourth-order valence-corrected chi connectivity index (χ4v) is 5.34. The topological polar surface area (TPSA) is 0 Å². The van der Waals surface area contributed by atoms with Crippen molar-refractivity contribution in [3.8, 4) is 0 Å². The zero-order valence-electron chi connectivity index (χ0n) is 15.3. The molecule has 0 amide bonds. The molecule has 0 nitrogen and oxygen atoms in total. The van der Waals surface area contributed by atoms with Crippen LogP contribution in [0.1, 0.15) is 104 Å². The lowest BCUT2D eigenvalue weighted by Crippen LogP contribution is -2.36. The lowest BCUT2D eigenvalue weighted by Gasteiger charge is -2.50. The molecule has 0 aromatic rings. The largest absolute Gasteiger partial charge is 0.110 e. The maximum Gasteiger partial charge on any atom is 0.110 e. The van der Waals surface area contributed by atoms with Crippen LogP contribution in [0.3, 0.4) is 0 Å². The van der Waals surface area contributed by atoms with E-state index < -0.39 is 0 Å². The lowest BCUT2D eigenvalue weighted by atomic mass is 9.46. The molecule has 2 fully saturated rings. The maximum atomic E-state index is 2.66. The van der Waals surface area contributed by atoms with E-state index in [2.05, 4.69) is 28.6 Å². The number of hydrogen-bond acceptors (Lipinski definition) is 0. The predicted octanol–water partition coefficient (Wildman–Crippen LogP) is 6.16. The van der Waals surface area contributed by atoms with Gasteiger partial charge in [0.1, 0.15) is 7.85 Å². The molecular formula is C20H39B. The van der Waals surface area contributed by atoms with Crippen molar-refractivity contribution in [2.45, 2.75) is 110 Å². The van der Waals surface area contributed by atoms with Crippen LogP contribution in [0.15, 0.2) is 0 Å². The second-order valence-corrected chi connectivity index (χ2v) is 9.18. The average Bonchev–Trinajstić information content (AvgIpc) is 2.38. The molecule has 1 heteroatoms. The fourth-order valence-electron chi connectivity index (χ4n) is 5.34. The third-order valence-corrected chi connectivity index (χ3v) is 7.46. The lowest BCUT2D eigenvalue weighted by molar-refractivity contribution is 0.110. The fraction of sp³-hybridized carbons (Fsp3) is 1.00. The van der Waals surface area contributed by atoms with Gasteiger partial charge in [0.05, 0.1) is 0 Å². The monoisotopic (exact) mass is 290 g/mol. The molecular weight excluding hydrogens is 251 g/mol. The van der Waals surface area contributed by atoms with Crippen molar-refractivity contribution in [3.05, 3.63) is 0 Å². The van der Waals surface area contributed by atoms with E-state index in [4.69, 9.17) is 0 Å². The zero-order valence-corrected chi connectivity index (χ0v) is 15.3. The van der Waals surface area contributed by atoms with Gasteiger partial charge in [0, 0.05) is 0 Å². The molecule has 21 heavy (non-hydrogen) atoms. The zero-order chi connectivity index (χ0) is 15.3. The second kappa shape index (κ2) is 7.56. The summed E-state index contributed by atoms with van der Waals surface area (Å²) in [5.41, 5.74) is 0.617. The molecule has 0 unspecified atom stereocenters. The van der Waals surface area contributed by atoms with E-state index in [1.54, 1.807) is 0 Å². The molecule has 0 heterocycles. The van der Waals surface area contributed by atoms with Crippen LogP contribution in [-0.2, 0) is 0 Å². The summed E-state index contributed by atoms with van der Waals surface area (Å²) in [5, 5.41) is 0.623. The van der Waals surface area contributed by atoms with Gasteiger partial charge in [-0.1, -0.05) is 96.7 Å². The molecule has 0 aromatic heterocycles. The van der Waals surface area contributed by atoms with Gasteiger partial charge in [-0.2, -0.15) is 0 Å². The van der Waals surface area contributed by atoms with E-state index in [-0.39, 0.29) is 0 Å². The minimum atomic E-state index is 0.617. The molecule has 0 saturated heterocycles. The molecule has 0 spiro atoms. The molecule has 2 saturated carbocycles. The van der Waals surface area contributed by atoms with Crippen molar-refractivity contribution in [3.63, 3.8) is 0 Å². The molecule has 0 N–H and O–H groups in total. The highest BCUT2D eigenvalue weighted by atomic mass is 14.4. The van der Waals surface area contributed by atoms with Crippen molar-refractivity contribution in [2.75, 3.05) is 0 Å². The van der Waals surface area contributed by atoms with E-state index >= 15 is 0 Å². The Balaban J connectivity index is 2.02. The first kappa shape index (κ1) is 17.4. The first-order valence-electron chi connectivity index (χ1n) is 9.97. The van der Waals surface area contributed by atoms with Gasteiger partial charge >= 0.3 is 0 Å². The molecule has 0 aliphatic heterocycles. The third-order valence-electron chi connectivity index (χ3n) is 7.46. The minimum absolute atomic E-state index is 0.617. The van der Waals surface area contributed by atoms with Gasteiger partial charge in [-0.05, 0) is 30.1 Å². The molecule has 2 rings (SSSR count). The third kappa shape index (κ3) is 4.29. The second-order valence-electron chi connectivity index (χ2n) is 9.18. The van der Waals surface area contributed by atoms with Crippen LogP contribution >= 0.6 is 0 Å². The van der Waals surface area contributed by atoms with Crippen molar-refractivity contribution in [1.82, 2.24) is 0 Å². The molecule has 122 valence electrons. The van der Waals surface area contributed by atoms with E-state index in [1.165, 1.54) is 83.5 Å². The van der Waals surface area contributed by atoms with Gasteiger partial charge in [0.25, 0.3) is 0 Å². The summed E-state index contributed by atoms with van der Waals surface area (Å²) in [4.78, 5) is 0. The van der Waals surface area contributed by atoms with E-state index in [0.717, 1.165) is 11.8 Å². The Kier molecular flexibility index (Phi) is 6.27. The van der Waals surface area contributed by atoms with E-state index in [9.17, 15) is 0 Å². The summed E-state index contributed by atoms with van der Waals surface area (Å²) >= 11 is 0. The van der Waals surface area contributed by atoms with E-state index in [1.807, 2.05) is 0 Å². The van der Waals surface area contributed by atoms with Crippen LogP contribution < -0.4 is 0 Å². The van der Waals surface area contributed by atoms with Gasteiger partial charge < -0.3 is 0 Å². The Morgan fingerprint density at radius 2 is 1.24 bits per heavy atom. The van der Waals surface area contributed by atoms with Gasteiger partial charge in [-0.15, -0.1) is 0 Å². The average molecular weight is 290 g/mol. The van der Waals surface area contributed by atoms with Crippen LogP contribution in [0.25, 0.3) is 0 Å². The molecule has 2 aliphatic rings. The first-order chi connectivity index (χ1) is 9.97. The highest BCUT2D eigenvalue weighted by molar-refractivity contribution is 6.15. The Morgan fingerprint density at radius 1 is 0.762 bits per heavy atom. The summed E-state index contributed by atoms with van der Waals surface area (Å²) in [6.07, 6.45) is 19.4. The van der Waals surface area contributed by atoms with E-state index in [0.29, 0.717) is 10.7 Å². The summed E-state index contributed by atoms with van der Waals surface area (Å²) < 4.78 is 0. The van der Waals surface area contributed by atoms with Gasteiger partial charge in [-0.25, -0.2) is 0 Å². The molecule has 2 aliphatic carbocycles. The standard InChI is InChI=1S/C20H39B/c1-17(2)18-11-9-13-19(3,14-10-12-18)20(21)15-7-5-4-6-8-16-20/h17-18H,4-16,21H2,1-3H3. The summed E-state index contributed by atoms with van der Waals surface area (Å²) in [6, 6.07) is 0. The van der Waals surface area contributed by atoms with Crippen molar-refractivity contribution in [1.29, 1.82) is 0 Å². The van der Waals surface area contributed by atoms with Crippen LogP contribution in [0.4, 0.5) is 0 Å². The van der Waals surface area contributed by atoms with Gasteiger partial charge in [0.15, 0.2) is 0 Å². The first-order valence-corrected chi connectivity index (χ1v) is 9.97. The van der Waals surface area contributed by atoms with Crippen molar-refractivity contribution < 1.29 is 0 Å². The van der Waals surface area contributed by atoms with Crippen molar-refractivity contribution >= 4 is 7.85 Å². The highest BCUT2D eigenvalue weighted by Gasteiger charge is 2.43. The summed E-state index contributed by atoms with van der Waals surface area (Å²) in [6.45, 7) is 7.52. The van der Waals surface area contributed by atoms with Crippen LogP contribution in [0.5, 0.6) is 0 Å². The normalized spacial score (nSPS) is 35.5. The predicted molar refractivity (Wildman–Crippen MR) is 97.7 cm³/mol. The minimum Gasteiger partial charge on any atom is -0.0625 e. The van der Waals surface area contributed by atoms with Crippen LogP contribution in [0, 0.1) is 17.3 Å². The Labute approximate surface area is 135 Å². The summed E-state index contributed by atoms with van der Waals surface area (Å²) in [5.74, 6) is 1.89. The van der Waals surface area contributed by atoms with Gasteiger partial charge in [0.2, 0.25) is 0 Å². The molecule has 0 aromatic carbocycles. The quantitative estimate of drug-likeness (QED) is 0.535.